The number of aryl methyl sites for hydroxylation is 1. The largest absolute Gasteiger partial charge is 0.350 e. The molecule has 0 unspecified atom stereocenters. The molecule has 6 nitrogen and oxygen atoms in total. The Hall–Kier alpha value is -3.61. The topological polar surface area (TPSA) is 78.5 Å². The zero-order valence-corrected chi connectivity index (χ0v) is 18.4. The molecule has 0 aliphatic carbocycles. The first-order valence-electron chi connectivity index (χ1n) is 9.63. The summed E-state index contributed by atoms with van der Waals surface area (Å²) in [5, 5.41) is 5.71. The number of carbonyl (C=O) groups excluding carboxylic acids is 3. The van der Waals surface area contributed by atoms with E-state index >= 15 is 0 Å². The van der Waals surface area contributed by atoms with Crippen LogP contribution in [0.15, 0.2) is 83.5 Å². The summed E-state index contributed by atoms with van der Waals surface area (Å²) >= 11 is 12.3. The average Bonchev–Trinajstić information content (AvgIpc) is 2.99. The number of amides is 3. The lowest BCUT2D eigenvalue weighted by molar-refractivity contribution is -0.120. The molecule has 0 spiro atoms. The highest BCUT2D eigenvalue weighted by atomic mass is 35.5. The molecule has 0 aromatic heterocycles. The van der Waals surface area contributed by atoms with Crippen LogP contribution in [0.3, 0.4) is 0 Å². The Morgan fingerprint density at radius 2 is 1.44 bits per heavy atom. The molecule has 8 heteroatoms. The first-order valence-corrected chi connectivity index (χ1v) is 10.4. The first kappa shape index (κ1) is 21.6. The van der Waals surface area contributed by atoms with Crippen LogP contribution in [0.4, 0.5) is 17.1 Å². The summed E-state index contributed by atoms with van der Waals surface area (Å²) in [6.07, 6.45) is 0. The number of benzene rings is 3. The number of nitrogens with one attached hydrogen (secondary N) is 2. The second kappa shape index (κ2) is 8.86. The van der Waals surface area contributed by atoms with Gasteiger partial charge in [0.25, 0.3) is 17.7 Å². The molecular formula is C24H17Cl2N3O3. The van der Waals surface area contributed by atoms with E-state index in [9.17, 15) is 14.4 Å². The van der Waals surface area contributed by atoms with Crippen LogP contribution in [0, 0.1) is 6.92 Å². The Balaban J connectivity index is 1.49. The van der Waals surface area contributed by atoms with Crippen LogP contribution in [0.2, 0.25) is 5.02 Å². The molecule has 4 rings (SSSR count). The third-order valence-electron chi connectivity index (χ3n) is 4.85. The van der Waals surface area contributed by atoms with E-state index in [1.165, 1.54) is 0 Å². The molecule has 2 N–H and O–H groups in total. The fourth-order valence-corrected chi connectivity index (χ4v) is 3.59. The Morgan fingerprint density at radius 1 is 0.812 bits per heavy atom. The summed E-state index contributed by atoms with van der Waals surface area (Å²) in [7, 11) is 0. The molecule has 160 valence electrons. The van der Waals surface area contributed by atoms with Gasteiger partial charge in [0.2, 0.25) is 0 Å². The van der Waals surface area contributed by atoms with Crippen molar-refractivity contribution in [3.05, 3.63) is 99.7 Å². The van der Waals surface area contributed by atoms with E-state index in [1.807, 2.05) is 31.2 Å². The van der Waals surface area contributed by atoms with Crippen molar-refractivity contribution >= 4 is 58.0 Å². The minimum atomic E-state index is -0.665. The zero-order valence-electron chi connectivity index (χ0n) is 16.9. The number of halogens is 2. The van der Waals surface area contributed by atoms with Gasteiger partial charge in [-0.15, -0.1) is 0 Å². The quantitative estimate of drug-likeness (QED) is 0.498. The third kappa shape index (κ3) is 4.23. The highest BCUT2D eigenvalue weighted by Gasteiger charge is 2.39. The van der Waals surface area contributed by atoms with Gasteiger partial charge in [-0.2, -0.15) is 0 Å². The van der Waals surface area contributed by atoms with Crippen LogP contribution in [-0.2, 0) is 9.59 Å². The van der Waals surface area contributed by atoms with Crippen LogP contribution < -0.4 is 15.5 Å². The normalized spacial score (nSPS) is 13.5. The number of hydrogen-bond acceptors (Lipinski definition) is 4. The number of carbonyl (C=O) groups is 3. The third-order valence-corrected chi connectivity index (χ3v) is 5.52. The SMILES string of the molecule is Cc1ccc(NC(=O)c2ccc(NC3=C(Cl)C(=O)N(c4ccccc4Cl)C3=O)cc2)cc1. The smallest absolute Gasteiger partial charge is 0.283 e. The second-order valence-corrected chi connectivity index (χ2v) is 7.89. The van der Waals surface area contributed by atoms with Gasteiger partial charge < -0.3 is 10.6 Å². The minimum absolute atomic E-state index is 0.0616. The van der Waals surface area contributed by atoms with Gasteiger partial charge in [0.1, 0.15) is 10.7 Å². The maximum atomic E-state index is 12.9. The Labute approximate surface area is 194 Å². The zero-order chi connectivity index (χ0) is 22.8. The molecule has 1 heterocycles. The van der Waals surface area contributed by atoms with Crippen LogP contribution in [0.1, 0.15) is 15.9 Å². The van der Waals surface area contributed by atoms with Crippen LogP contribution >= 0.6 is 23.2 Å². The summed E-state index contributed by atoms with van der Waals surface area (Å²) in [6.45, 7) is 1.97. The maximum absolute atomic E-state index is 12.9. The molecule has 0 fully saturated rings. The van der Waals surface area contributed by atoms with Gasteiger partial charge in [0, 0.05) is 16.9 Å². The lowest BCUT2D eigenvalue weighted by Gasteiger charge is -2.16. The summed E-state index contributed by atoms with van der Waals surface area (Å²) in [5.74, 6) is -1.55. The maximum Gasteiger partial charge on any atom is 0.283 e. The van der Waals surface area contributed by atoms with Gasteiger partial charge >= 0.3 is 0 Å². The standard InChI is InChI=1S/C24H17Cl2N3O3/c1-14-6-10-17(11-7-14)28-22(30)15-8-12-16(13-9-15)27-21-20(26)23(31)29(24(21)32)19-5-3-2-4-18(19)25/h2-13,27H,1H3,(H,28,30). The van der Waals surface area contributed by atoms with E-state index in [2.05, 4.69) is 10.6 Å². The monoisotopic (exact) mass is 465 g/mol. The van der Waals surface area contributed by atoms with Gasteiger partial charge in [0.15, 0.2) is 0 Å². The molecule has 1 aliphatic heterocycles. The summed E-state index contributed by atoms with van der Waals surface area (Å²) < 4.78 is 0. The Kier molecular flexibility index (Phi) is 5.99. The number of anilines is 3. The summed E-state index contributed by atoms with van der Waals surface area (Å²) in [5.41, 5.74) is 2.90. The molecule has 32 heavy (non-hydrogen) atoms. The number of rotatable bonds is 5. The van der Waals surface area contributed by atoms with Crippen molar-refractivity contribution in [3.63, 3.8) is 0 Å². The van der Waals surface area contributed by atoms with Crippen molar-refractivity contribution in [1.82, 2.24) is 0 Å². The number of imide groups is 1. The lowest BCUT2D eigenvalue weighted by atomic mass is 10.1. The minimum Gasteiger partial charge on any atom is -0.350 e. The number of nitrogens with zero attached hydrogens (tertiary/aromatic N) is 1. The first-order chi connectivity index (χ1) is 15.3. The predicted molar refractivity (Wildman–Crippen MR) is 126 cm³/mol. The van der Waals surface area contributed by atoms with Gasteiger partial charge in [-0.3, -0.25) is 14.4 Å². The highest BCUT2D eigenvalue weighted by Crippen LogP contribution is 2.34. The lowest BCUT2D eigenvalue weighted by Crippen LogP contribution is -2.32. The highest BCUT2D eigenvalue weighted by molar-refractivity contribution is 6.53. The van der Waals surface area contributed by atoms with Crippen molar-refractivity contribution in [3.8, 4) is 0 Å². The fraction of sp³-hybridized carbons (Fsp3) is 0.0417. The van der Waals surface area contributed by atoms with Crippen molar-refractivity contribution in [1.29, 1.82) is 0 Å². The predicted octanol–water partition coefficient (Wildman–Crippen LogP) is 5.34. The molecule has 0 saturated carbocycles. The van der Waals surface area contributed by atoms with Crippen LogP contribution in [0.5, 0.6) is 0 Å². The van der Waals surface area contributed by atoms with Gasteiger partial charge in [-0.25, -0.2) is 4.90 Å². The molecule has 0 radical (unpaired) electrons. The molecule has 1 aliphatic rings. The molecule has 0 atom stereocenters. The van der Waals surface area contributed by atoms with Crippen molar-refractivity contribution < 1.29 is 14.4 Å². The van der Waals surface area contributed by atoms with E-state index in [-0.39, 0.29) is 27.3 Å². The molecule has 0 bridgehead atoms. The van der Waals surface area contributed by atoms with Gasteiger partial charge in [0.05, 0.1) is 10.7 Å². The van der Waals surface area contributed by atoms with Gasteiger partial charge in [-0.05, 0) is 55.5 Å². The number of para-hydroxylation sites is 1. The van der Waals surface area contributed by atoms with Crippen LogP contribution in [-0.4, -0.2) is 17.7 Å². The molecule has 0 saturated heterocycles. The van der Waals surface area contributed by atoms with E-state index in [0.29, 0.717) is 16.9 Å². The van der Waals surface area contributed by atoms with Crippen molar-refractivity contribution in [2.24, 2.45) is 0 Å². The Bertz CT molecular complexity index is 1250. The van der Waals surface area contributed by atoms with Crippen LogP contribution in [0.25, 0.3) is 0 Å². The van der Waals surface area contributed by atoms with Crippen molar-refractivity contribution in [2.75, 3.05) is 15.5 Å². The molecule has 3 aromatic carbocycles. The second-order valence-electron chi connectivity index (χ2n) is 7.11. The average molecular weight is 466 g/mol. The van der Waals surface area contributed by atoms with E-state index in [4.69, 9.17) is 23.2 Å². The number of hydrogen-bond donors (Lipinski definition) is 2. The molecule has 3 amide bonds. The van der Waals surface area contributed by atoms with Crippen molar-refractivity contribution in [2.45, 2.75) is 6.92 Å². The fourth-order valence-electron chi connectivity index (χ4n) is 3.15. The van der Waals surface area contributed by atoms with E-state index in [1.54, 1.807) is 48.5 Å². The summed E-state index contributed by atoms with van der Waals surface area (Å²) in [4.78, 5) is 38.8. The summed E-state index contributed by atoms with van der Waals surface area (Å²) in [6, 6.07) is 20.4. The van der Waals surface area contributed by atoms with E-state index in [0.717, 1.165) is 10.5 Å². The molecule has 3 aromatic rings. The van der Waals surface area contributed by atoms with E-state index < -0.39 is 11.8 Å². The Morgan fingerprint density at radius 3 is 2.09 bits per heavy atom. The molecular weight excluding hydrogens is 449 g/mol. The van der Waals surface area contributed by atoms with Gasteiger partial charge in [-0.1, -0.05) is 53.0 Å².